The minimum Gasteiger partial charge on any atom is -0.314 e. The van der Waals surface area contributed by atoms with Crippen LogP contribution in [0.1, 0.15) is 37.4 Å². The van der Waals surface area contributed by atoms with Crippen molar-refractivity contribution in [1.29, 1.82) is 0 Å². The summed E-state index contributed by atoms with van der Waals surface area (Å²) in [5.41, 5.74) is 1.04. The van der Waals surface area contributed by atoms with Crippen LogP contribution in [0.3, 0.4) is 0 Å². The Hall–Kier alpha value is -0.900. The van der Waals surface area contributed by atoms with E-state index in [0.717, 1.165) is 12.2 Å². The average molecular weight is 180 g/mol. The fourth-order valence-corrected chi connectivity index (χ4v) is 1.92. The van der Waals surface area contributed by atoms with Gasteiger partial charge in [0.05, 0.1) is 17.9 Å². The highest BCUT2D eigenvalue weighted by Gasteiger charge is 2.17. The topological polar surface area (TPSA) is 42.7 Å². The first-order valence-corrected chi connectivity index (χ1v) is 4.95. The molecule has 0 aromatic carbocycles. The molecule has 1 N–H and O–H groups in total. The van der Waals surface area contributed by atoms with E-state index in [4.69, 9.17) is 0 Å². The van der Waals surface area contributed by atoms with E-state index < -0.39 is 0 Å². The van der Waals surface area contributed by atoms with Gasteiger partial charge in [-0.1, -0.05) is 18.1 Å². The second kappa shape index (κ2) is 3.87. The first-order valence-electron chi connectivity index (χ1n) is 4.95. The molecule has 4 nitrogen and oxygen atoms in total. The Labute approximate surface area is 78.3 Å². The molecule has 2 rings (SSSR count). The molecule has 0 saturated heterocycles. The average Bonchev–Trinajstić information content (AvgIpc) is 2.70. The summed E-state index contributed by atoms with van der Waals surface area (Å²) >= 11 is 0. The summed E-state index contributed by atoms with van der Waals surface area (Å²) in [7, 11) is 1.93. The summed E-state index contributed by atoms with van der Waals surface area (Å²) in [6.07, 6.45) is 7.27. The van der Waals surface area contributed by atoms with Crippen molar-refractivity contribution in [3.8, 4) is 0 Å². The van der Waals surface area contributed by atoms with Crippen LogP contribution in [0.5, 0.6) is 0 Å². The van der Waals surface area contributed by atoms with Crippen LogP contribution in [0.15, 0.2) is 6.20 Å². The van der Waals surface area contributed by atoms with Crippen LogP contribution in [-0.4, -0.2) is 22.0 Å². The summed E-state index contributed by atoms with van der Waals surface area (Å²) in [6.45, 7) is 0.812. The van der Waals surface area contributed by atoms with Gasteiger partial charge in [-0.2, -0.15) is 0 Å². The van der Waals surface area contributed by atoms with Gasteiger partial charge in [0.15, 0.2) is 0 Å². The molecule has 0 spiro atoms. The molecule has 0 bridgehead atoms. The first-order chi connectivity index (χ1) is 6.40. The van der Waals surface area contributed by atoms with Crippen molar-refractivity contribution in [3.63, 3.8) is 0 Å². The molecule has 1 aromatic heterocycles. The van der Waals surface area contributed by atoms with Crippen molar-refractivity contribution in [2.24, 2.45) is 0 Å². The molecule has 13 heavy (non-hydrogen) atoms. The number of hydrogen-bond donors (Lipinski definition) is 1. The molecule has 0 unspecified atom stereocenters. The second-order valence-electron chi connectivity index (χ2n) is 3.66. The van der Waals surface area contributed by atoms with Crippen molar-refractivity contribution in [3.05, 3.63) is 11.9 Å². The maximum atomic E-state index is 4.14. The van der Waals surface area contributed by atoms with Crippen LogP contribution in [0.4, 0.5) is 0 Å². The van der Waals surface area contributed by atoms with E-state index in [1.807, 2.05) is 11.7 Å². The number of aromatic nitrogens is 3. The van der Waals surface area contributed by atoms with E-state index in [1.165, 1.54) is 25.7 Å². The van der Waals surface area contributed by atoms with Gasteiger partial charge in [0.25, 0.3) is 0 Å². The summed E-state index contributed by atoms with van der Waals surface area (Å²) in [6, 6.07) is 0.609. The lowest BCUT2D eigenvalue weighted by Gasteiger charge is -2.06. The zero-order valence-corrected chi connectivity index (χ0v) is 8.03. The Morgan fingerprint density at radius 2 is 2.31 bits per heavy atom. The predicted octanol–water partition coefficient (Wildman–Crippen LogP) is 1.11. The maximum absolute atomic E-state index is 4.14. The highest BCUT2D eigenvalue weighted by molar-refractivity contribution is 4.93. The summed E-state index contributed by atoms with van der Waals surface area (Å²) < 4.78 is 2.03. The number of nitrogens with one attached hydrogen (secondary N) is 1. The molecule has 1 aliphatic carbocycles. The third-order valence-corrected chi connectivity index (χ3v) is 2.61. The largest absolute Gasteiger partial charge is 0.314 e. The standard InChI is InChI=1S/C9H16N4/c1-10-6-8-7-13(12-11-8)9-4-2-3-5-9/h7,9-10H,2-6H2,1H3. The van der Waals surface area contributed by atoms with Gasteiger partial charge in [-0.05, 0) is 19.9 Å². The fourth-order valence-electron chi connectivity index (χ4n) is 1.92. The van der Waals surface area contributed by atoms with Crippen LogP contribution in [-0.2, 0) is 6.54 Å². The Morgan fingerprint density at radius 3 is 3.00 bits per heavy atom. The van der Waals surface area contributed by atoms with Crippen molar-refractivity contribution >= 4 is 0 Å². The third kappa shape index (κ3) is 1.88. The van der Waals surface area contributed by atoms with Crippen LogP contribution in [0.2, 0.25) is 0 Å². The highest BCUT2D eigenvalue weighted by Crippen LogP contribution is 2.28. The smallest absolute Gasteiger partial charge is 0.0964 e. The van der Waals surface area contributed by atoms with Gasteiger partial charge in [-0.3, -0.25) is 0 Å². The third-order valence-electron chi connectivity index (χ3n) is 2.61. The monoisotopic (exact) mass is 180 g/mol. The van der Waals surface area contributed by atoms with Crippen molar-refractivity contribution in [2.75, 3.05) is 7.05 Å². The van der Waals surface area contributed by atoms with Gasteiger partial charge < -0.3 is 5.32 Å². The molecule has 0 aliphatic heterocycles. The summed E-state index contributed by atoms with van der Waals surface area (Å²) in [4.78, 5) is 0. The fraction of sp³-hybridized carbons (Fsp3) is 0.778. The van der Waals surface area contributed by atoms with Crippen molar-refractivity contribution in [2.45, 2.75) is 38.3 Å². The highest BCUT2D eigenvalue weighted by atomic mass is 15.4. The van der Waals surface area contributed by atoms with Crippen LogP contribution < -0.4 is 5.32 Å². The normalized spacial score (nSPS) is 18.2. The molecule has 0 radical (unpaired) electrons. The van der Waals surface area contributed by atoms with Crippen molar-refractivity contribution in [1.82, 2.24) is 20.3 Å². The van der Waals surface area contributed by atoms with Crippen LogP contribution in [0, 0.1) is 0 Å². The van der Waals surface area contributed by atoms with E-state index in [9.17, 15) is 0 Å². The molecule has 0 amide bonds. The van der Waals surface area contributed by atoms with E-state index >= 15 is 0 Å². The number of nitrogens with zero attached hydrogens (tertiary/aromatic N) is 3. The molecular weight excluding hydrogens is 164 g/mol. The number of hydrogen-bond acceptors (Lipinski definition) is 3. The van der Waals surface area contributed by atoms with E-state index in [0.29, 0.717) is 6.04 Å². The Morgan fingerprint density at radius 1 is 1.54 bits per heavy atom. The van der Waals surface area contributed by atoms with Gasteiger partial charge in [0, 0.05) is 6.54 Å². The first kappa shape index (κ1) is 8.69. The Balaban J connectivity index is 2.03. The maximum Gasteiger partial charge on any atom is 0.0964 e. The predicted molar refractivity (Wildman–Crippen MR) is 50.3 cm³/mol. The van der Waals surface area contributed by atoms with E-state index in [2.05, 4.69) is 21.8 Å². The zero-order chi connectivity index (χ0) is 9.10. The molecule has 1 fully saturated rings. The van der Waals surface area contributed by atoms with E-state index in [1.54, 1.807) is 0 Å². The second-order valence-corrected chi connectivity index (χ2v) is 3.66. The van der Waals surface area contributed by atoms with Crippen LogP contribution >= 0.6 is 0 Å². The number of rotatable bonds is 3. The molecule has 72 valence electrons. The minimum atomic E-state index is 0.609. The Kier molecular flexibility index (Phi) is 2.59. The molecule has 1 saturated carbocycles. The SMILES string of the molecule is CNCc1cn(C2CCCC2)nn1. The minimum absolute atomic E-state index is 0.609. The van der Waals surface area contributed by atoms with Gasteiger partial charge in [0.2, 0.25) is 0 Å². The molecular formula is C9H16N4. The molecule has 1 aliphatic rings. The lowest BCUT2D eigenvalue weighted by molar-refractivity contribution is 0.454. The molecule has 1 heterocycles. The van der Waals surface area contributed by atoms with Gasteiger partial charge >= 0.3 is 0 Å². The molecule has 0 atom stereocenters. The lowest BCUT2D eigenvalue weighted by atomic mass is 10.2. The summed E-state index contributed by atoms with van der Waals surface area (Å²) in [5.74, 6) is 0. The van der Waals surface area contributed by atoms with Gasteiger partial charge in [0.1, 0.15) is 0 Å². The van der Waals surface area contributed by atoms with Crippen molar-refractivity contribution < 1.29 is 0 Å². The van der Waals surface area contributed by atoms with E-state index in [-0.39, 0.29) is 0 Å². The Bertz CT molecular complexity index is 262. The quantitative estimate of drug-likeness (QED) is 0.757. The van der Waals surface area contributed by atoms with Gasteiger partial charge in [-0.15, -0.1) is 5.10 Å². The molecule has 4 heteroatoms. The van der Waals surface area contributed by atoms with Gasteiger partial charge in [-0.25, -0.2) is 4.68 Å². The molecule has 1 aromatic rings. The van der Waals surface area contributed by atoms with Crippen LogP contribution in [0.25, 0.3) is 0 Å². The zero-order valence-electron chi connectivity index (χ0n) is 8.03. The lowest BCUT2D eigenvalue weighted by Crippen LogP contribution is -2.06. The summed E-state index contributed by atoms with van der Waals surface area (Å²) in [5, 5.41) is 11.3.